The van der Waals surface area contributed by atoms with Gasteiger partial charge >= 0.3 is 18.9 Å². The number of hydrogen-bond acceptors (Lipinski definition) is 1. The zero-order chi connectivity index (χ0) is 8.32. The zero-order valence-corrected chi connectivity index (χ0v) is 9.54. The molecule has 0 spiro atoms. The standard InChI is InChI=1S/C10H19S.Li/c1-10(2,3)8-11-9-6-4-5-7-9;/h9H,1,4-8H2,2-3H3;/q-1;+1. The maximum absolute atomic E-state index is 4.11. The summed E-state index contributed by atoms with van der Waals surface area (Å²) < 4.78 is 0. The van der Waals surface area contributed by atoms with Gasteiger partial charge in [0.15, 0.2) is 0 Å². The quantitative estimate of drug-likeness (QED) is 0.449. The van der Waals surface area contributed by atoms with Crippen LogP contribution in [0.15, 0.2) is 0 Å². The Hall–Kier alpha value is 0.947. The van der Waals surface area contributed by atoms with Gasteiger partial charge in [0.2, 0.25) is 0 Å². The third kappa shape index (κ3) is 5.57. The molecule has 0 aromatic rings. The smallest absolute Gasteiger partial charge is 0.337 e. The fraction of sp³-hybridized carbons (Fsp3) is 0.900. The van der Waals surface area contributed by atoms with E-state index in [2.05, 4.69) is 32.5 Å². The van der Waals surface area contributed by atoms with Crippen molar-refractivity contribution in [3.05, 3.63) is 6.92 Å². The molecule has 0 N–H and O–H groups in total. The van der Waals surface area contributed by atoms with E-state index in [9.17, 15) is 0 Å². The second-order valence-corrected chi connectivity index (χ2v) is 5.67. The second kappa shape index (κ2) is 5.63. The van der Waals surface area contributed by atoms with Crippen molar-refractivity contribution in [2.24, 2.45) is 5.41 Å². The van der Waals surface area contributed by atoms with Gasteiger partial charge in [0.05, 0.1) is 0 Å². The topological polar surface area (TPSA) is 0 Å². The van der Waals surface area contributed by atoms with Gasteiger partial charge in [-0.25, -0.2) is 0 Å². The summed E-state index contributed by atoms with van der Waals surface area (Å²) in [6.45, 7) is 8.54. The van der Waals surface area contributed by atoms with Gasteiger partial charge in [0.1, 0.15) is 0 Å². The van der Waals surface area contributed by atoms with Crippen LogP contribution < -0.4 is 18.9 Å². The van der Waals surface area contributed by atoms with E-state index in [1.54, 1.807) is 0 Å². The Labute approximate surface area is 93.4 Å². The molecule has 0 nitrogen and oxygen atoms in total. The molecule has 0 saturated heterocycles. The molecule has 0 amide bonds. The van der Waals surface area contributed by atoms with E-state index in [0.717, 1.165) is 5.25 Å². The van der Waals surface area contributed by atoms with Crippen molar-refractivity contribution in [3.63, 3.8) is 0 Å². The summed E-state index contributed by atoms with van der Waals surface area (Å²) in [6.07, 6.45) is 5.80. The fourth-order valence-corrected chi connectivity index (χ4v) is 2.75. The molecule has 1 fully saturated rings. The van der Waals surface area contributed by atoms with Crippen molar-refractivity contribution in [1.29, 1.82) is 0 Å². The first-order valence-electron chi connectivity index (χ1n) is 4.55. The normalized spacial score (nSPS) is 19.2. The van der Waals surface area contributed by atoms with Crippen molar-refractivity contribution in [2.45, 2.75) is 44.8 Å². The van der Waals surface area contributed by atoms with Crippen LogP contribution in [0, 0.1) is 12.3 Å². The molecule has 0 aromatic heterocycles. The molecule has 0 aliphatic heterocycles. The Balaban J connectivity index is 0.00000121. The minimum atomic E-state index is 0. The Morgan fingerprint density at radius 1 is 1.33 bits per heavy atom. The number of thioether (sulfide) groups is 1. The van der Waals surface area contributed by atoms with Crippen LogP contribution in [-0.2, 0) is 0 Å². The summed E-state index contributed by atoms with van der Waals surface area (Å²) in [4.78, 5) is 0. The van der Waals surface area contributed by atoms with Gasteiger partial charge in [-0.1, -0.05) is 26.7 Å². The Morgan fingerprint density at radius 3 is 2.25 bits per heavy atom. The molecule has 1 aliphatic rings. The van der Waals surface area contributed by atoms with Crippen molar-refractivity contribution in [3.8, 4) is 0 Å². The van der Waals surface area contributed by atoms with Crippen LogP contribution in [0.1, 0.15) is 39.5 Å². The van der Waals surface area contributed by atoms with Gasteiger partial charge in [0.25, 0.3) is 0 Å². The molecule has 1 saturated carbocycles. The summed E-state index contributed by atoms with van der Waals surface area (Å²) in [6, 6.07) is 0. The van der Waals surface area contributed by atoms with Crippen molar-refractivity contribution in [2.75, 3.05) is 5.75 Å². The molecule has 0 heterocycles. The summed E-state index contributed by atoms with van der Waals surface area (Å²) in [7, 11) is 0. The average molecular weight is 178 g/mol. The molecule has 0 aromatic carbocycles. The number of rotatable bonds is 3. The van der Waals surface area contributed by atoms with Gasteiger partial charge in [-0.05, 0) is 18.6 Å². The SMILES string of the molecule is [CH2-]C(C)(C)CSC1CCCC1.[Li+]. The van der Waals surface area contributed by atoms with Crippen LogP contribution in [0.25, 0.3) is 0 Å². The Kier molecular flexibility index (Phi) is 6.07. The predicted octanol–water partition coefficient (Wildman–Crippen LogP) is 0.526. The van der Waals surface area contributed by atoms with Gasteiger partial charge in [-0.3, -0.25) is 0 Å². The molecule has 2 heteroatoms. The first-order chi connectivity index (χ1) is 5.08. The maximum Gasteiger partial charge on any atom is 1.00 e. The van der Waals surface area contributed by atoms with E-state index in [1.165, 1.54) is 31.4 Å². The van der Waals surface area contributed by atoms with Crippen molar-refractivity contribution >= 4 is 11.8 Å². The third-order valence-electron chi connectivity index (χ3n) is 2.01. The van der Waals surface area contributed by atoms with Crippen LogP contribution >= 0.6 is 11.8 Å². The molecule has 1 rings (SSSR count). The third-order valence-corrected chi connectivity index (χ3v) is 3.90. The molecular formula is C10H19LiS. The molecule has 0 radical (unpaired) electrons. The molecule has 0 bridgehead atoms. The number of hydrogen-bond donors (Lipinski definition) is 0. The van der Waals surface area contributed by atoms with E-state index in [4.69, 9.17) is 0 Å². The second-order valence-electron chi connectivity index (χ2n) is 4.38. The summed E-state index contributed by atoms with van der Waals surface area (Å²) in [5, 5.41) is 0.955. The van der Waals surface area contributed by atoms with Gasteiger partial charge in [-0.15, -0.1) is 0 Å². The van der Waals surface area contributed by atoms with E-state index in [-0.39, 0.29) is 24.3 Å². The van der Waals surface area contributed by atoms with Crippen LogP contribution in [0.4, 0.5) is 0 Å². The molecule has 12 heavy (non-hydrogen) atoms. The molecule has 0 unspecified atom stereocenters. The summed E-state index contributed by atoms with van der Waals surface area (Å²) in [5.74, 6) is 1.22. The Bertz CT molecular complexity index is 111. The van der Waals surface area contributed by atoms with E-state index >= 15 is 0 Å². The minimum Gasteiger partial charge on any atom is -0.337 e. The zero-order valence-electron chi connectivity index (χ0n) is 8.73. The van der Waals surface area contributed by atoms with Crippen LogP contribution in [-0.4, -0.2) is 11.0 Å². The van der Waals surface area contributed by atoms with Crippen molar-refractivity contribution in [1.82, 2.24) is 0 Å². The van der Waals surface area contributed by atoms with Crippen LogP contribution in [0.2, 0.25) is 0 Å². The summed E-state index contributed by atoms with van der Waals surface area (Å²) in [5.41, 5.74) is 0.271. The first kappa shape index (κ1) is 12.9. The minimum absolute atomic E-state index is 0. The Morgan fingerprint density at radius 2 is 1.83 bits per heavy atom. The van der Waals surface area contributed by atoms with Gasteiger partial charge < -0.3 is 6.92 Å². The molecular weight excluding hydrogens is 159 g/mol. The largest absolute Gasteiger partial charge is 1.00 e. The van der Waals surface area contributed by atoms with E-state index in [0.29, 0.717) is 0 Å². The first-order valence-corrected chi connectivity index (χ1v) is 5.60. The average Bonchev–Trinajstić information content (AvgIpc) is 2.32. The fourth-order valence-electron chi connectivity index (χ4n) is 1.40. The molecule has 1 aliphatic carbocycles. The van der Waals surface area contributed by atoms with E-state index in [1.807, 2.05) is 0 Å². The molecule has 66 valence electrons. The van der Waals surface area contributed by atoms with Gasteiger partial charge in [0, 0.05) is 5.25 Å². The maximum atomic E-state index is 4.11. The van der Waals surface area contributed by atoms with Crippen LogP contribution in [0.3, 0.4) is 0 Å². The van der Waals surface area contributed by atoms with Crippen molar-refractivity contribution < 1.29 is 18.9 Å². The summed E-state index contributed by atoms with van der Waals surface area (Å²) >= 11 is 2.13. The van der Waals surface area contributed by atoms with E-state index < -0.39 is 0 Å². The molecule has 0 atom stereocenters. The monoisotopic (exact) mass is 178 g/mol. The van der Waals surface area contributed by atoms with Gasteiger partial charge in [-0.2, -0.15) is 17.2 Å². The predicted molar refractivity (Wildman–Crippen MR) is 53.9 cm³/mol. The van der Waals surface area contributed by atoms with Crippen LogP contribution in [0.5, 0.6) is 0 Å².